The molecule has 0 atom stereocenters. The van der Waals surface area contributed by atoms with Crippen molar-refractivity contribution >= 4 is 12.0 Å². The predicted octanol–water partition coefficient (Wildman–Crippen LogP) is 3.82. The molecule has 0 aromatic heterocycles. The SMILES string of the molecule is COc1cc(/C=C/C(=O)Oc2ccc3c(c2)CCC3)cc(OC)c1OC. The standard InChI is InChI=1S/C21H22O5/c1-23-18-11-14(12-19(24-2)21(18)25-3)7-10-20(22)26-17-9-8-15-5-4-6-16(15)13-17/h7-13H,4-6H2,1-3H3/b10-7+. The summed E-state index contributed by atoms with van der Waals surface area (Å²) >= 11 is 0. The molecular weight excluding hydrogens is 332 g/mol. The third-order valence-corrected chi connectivity index (χ3v) is 4.39. The fourth-order valence-corrected chi connectivity index (χ4v) is 3.12. The van der Waals surface area contributed by atoms with E-state index in [1.807, 2.05) is 18.2 Å². The molecule has 3 rings (SSSR count). The fourth-order valence-electron chi connectivity index (χ4n) is 3.12. The number of methoxy groups -OCH3 is 3. The van der Waals surface area contributed by atoms with Crippen LogP contribution in [0.2, 0.25) is 0 Å². The van der Waals surface area contributed by atoms with Crippen molar-refractivity contribution in [3.63, 3.8) is 0 Å². The van der Waals surface area contributed by atoms with Crippen molar-refractivity contribution in [2.45, 2.75) is 19.3 Å². The molecule has 2 aromatic rings. The number of ether oxygens (including phenoxy) is 4. The van der Waals surface area contributed by atoms with Gasteiger partial charge in [-0.3, -0.25) is 0 Å². The Kier molecular flexibility index (Phi) is 5.46. The number of hydrogen-bond donors (Lipinski definition) is 0. The lowest BCUT2D eigenvalue weighted by molar-refractivity contribution is -0.128. The van der Waals surface area contributed by atoms with E-state index in [-0.39, 0.29) is 0 Å². The molecule has 26 heavy (non-hydrogen) atoms. The van der Waals surface area contributed by atoms with Crippen molar-refractivity contribution in [2.24, 2.45) is 0 Å². The van der Waals surface area contributed by atoms with Crippen LogP contribution in [0.1, 0.15) is 23.1 Å². The minimum Gasteiger partial charge on any atom is -0.493 e. The van der Waals surface area contributed by atoms with Gasteiger partial charge in [0.2, 0.25) is 5.75 Å². The van der Waals surface area contributed by atoms with Crippen LogP contribution < -0.4 is 18.9 Å². The molecule has 0 amide bonds. The number of carbonyl (C=O) groups is 1. The minimum absolute atomic E-state index is 0.434. The van der Waals surface area contributed by atoms with Crippen molar-refractivity contribution in [1.29, 1.82) is 0 Å². The molecule has 0 spiro atoms. The van der Waals surface area contributed by atoms with E-state index in [1.165, 1.54) is 17.2 Å². The second-order valence-corrected chi connectivity index (χ2v) is 6.00. The summed E-state index contributed by atoms with van der Waals surface area (Å²) in [5, 5.41) is 0. The summed E-state index contributed by atoms with van der Waals surface area (Å²) in [4.78, 5) is 12.1. The van der Waals surface area contributed by atoms with Gasteiger partial charge in [0.1, 0.15) is 5.75 Å². The lowest BCUT2D eigenvalue weighted by Crippen LogP contribution is -2.04. The number of fused-ring (bicyclic) bond motifs is 1. The van der Waals surface area contributed by atoms with Gasteiger partial charge < -0.3 is 18.9 Å². The molecule has 0 fully saturated rings. The average Bonchev–Trinajstić information content (AvgIpc) is 3.13. The van der Waals surface area contributed by atoms with Gasteiger partial charge in [0.05, 0.1) is 21.3 Å². The highest BCUT2D eigenvalue weighted by atomic mass is 16.5. The number of esters is 1. The van der Waals surface area contributed by atoms with Crippen LogP contribution in [0.5, 0.6) is 23.0 Å². The molecule has 0 heterocycles. The zero-order valence-electron chi connectivity index (χ0n) is 15.2. The second kappa shape index (κ2) is 7.95. The van der Waals surface area contributed by atoms with Crippen molar-refractivity contribution in [3.05, 3.63) is 53.1 Å². The Hall–Kier alpha value is -2.95. The molecule has 5 heteroatoms. The summed E-state index contributed by atoms with van der Waals surface area (Å²) in [5.74, 6) is 1.70. The van der Waals surface area contributed by atoms with E-state index in [1.54, 1.807) is 39.5 Å². The summed E-state index contributed by atoms with van der Waals surface area (Å²) < 4.78 is 21.3. The summed E-state index contributed by atoms with van der Waals surface area (Å²) in [5.41, 5.74) is 3.35. The maximum atomic E-state index is 12.1. The normalized spacial score (nSPS) is 12.7. The highest BCUT2D eigenvalue weighted by Crippen LogP contribution is 2.38. The van der Waals surface area contributed by atoms with Gasteiger partial charge in [0.25, 0.3) is 0 Å². The van der Waals surface area contributed by atoms with Crippen LogP contribution >= 0.6 is 0 Å². The zero-order valence-corrected chi connectivity index (χ0v) is 15.2. The quantitative estimate of drug-likeness (QED) is 0.448. The Balaban J connectivity index is 1.73. The Morgan fingerprint density at radius 1 is 0.923 bits per heavy atom. The third-order valence-electron chi connectivity index (χ3n) is 4.39. The van der Waals surface area contributed by atoms with E-state index in [4.69, 9.17) is 18.9 Å². The summed E-state index contributed by atoms with van der Waals surface area (Å²) in [6.07, 6.45) is 6.34. The first-order valence-corrected chi connectivity index (χ1v) is 8.46. The summed E-state index contributed by atoms with van der Waals surface area (Å²) in [7, 11) is 4.64. The lowest BCUT2D eigenvalue weighted by atomic mass is 10.1. The van der Waals surface area contributed by atoms with E-state index in [9.17, 15) is 4.79 Å². The van der Waals surface area contributed by atoms with E-state index in [0.717, 1.165) is 24.8 Å². The molecule has 0 radical (unpaired) electrons. The van der Waals surface area contributed by atoms with E-state index in [0.29, 0.717) is 23.0 Å². The minimum atomic E-state index is -0.434. The molecule has 5 nitrogen and oxygen atoms in total. The van der Waals surface area contributed by atoms with Gasteiger partial charge in [0, 0.05) is 6.08 Å². The number of rotatable bonds is 6. The summed E-state index contributed by atoms with van der Waals surface area (Å²) in [6.45, 7) is 0. The fraction of sp³-hybridized carbons (Fsp3) is 0.286. The van der Waals surface area contributed by atoms with E-state index < -0.39 is 5.97 Å². The van der Waals surface area contributed by atoms with Gasteiger partial charge in [-0.25, -0.2) is 4.79 Å². The molecule has 0 saturated heterocycles. The van der Waals surface area contributed by atoms with Gasteiger partial charge in [-0.2, -0.15) is 0 Å². The van der Waals surface area contributed by atoms with Gasteiger partial charge in [-0.15, -0.1) is 0 Å². The molecule has 2 aromatic carbocycles. The number of hydrogen-bond acceptors (Lipinski definition) is 5. The van der Waals surface area contributed by atoms with Crippen LogP contribution in [0, 0.1) is 0 Å². The highest BCUT2D eigenvalue weighted by molar-refractivity contribution is 5.89. The molecule has 0 aliphatic heterocycles. The smallest absolute Gasteiger partial charge is 0.336 e. The second-order valence-electron chi connectivity index (χ2n) is 6.00. The first-order chi connectivity index (χ1) is 12.6. The van der Waals surface area contributed by atoms with Crippen molar-refractivity contribution in [2.75, 3.05) is 21.3 Å². The zero-order chi connectivity index (χ0) is 18.5. The Bertz CT molecular complexity index is 813. The molecule has 1 aliphatic carbocycles. The Morgan fingerprint density at radius 2 is 1.62 bits per heavy atom. The number of aryl methyl sites for hydroxylation is 2. The van der Waals surface area contributed by atoms with E-state index >= 15 is 0 Å². The Labute approximate surface area is 153 Å². The molecule has 0 unspecified atom stereocenters. The molecule has 1 aliphatic rings. The van der Waals surface area contributed by atoms with Gasteiger partial charge in [-0.05, 0) is 66.3 Å². The Morgan fingerprint density at radius 3 is 2.27 bits per heavy atom. The van der Waals surface area contributed by atoms with Crippen molar-refractivity contribution < 1.29 is 23.7 Å². The first-order valence-electron chi connectivity index (χ1n) is 8.46. The third kappa shape index (κ3) is 3.82. The highest BCUT2D eigenvalue weighted by Gasteiger charge is 2.13. The monoisotopic (exact) mass is 354 g/mol. The maximum Gasteiger partial charge on any atom is 0.336 e. The van der Waals surface area contributed by atoms with E-state index in [2.05, 4.69) is 0 Å². The van der Waals surface area contributed by atoms with Gasteiger partial charge >= 0.3 is 5.97 Å². The van der Waals surface area contributed by atoms with Gasteiger partial charge in [0.15, 0.2) is 11.5 Å². The predicted molar refractivity (Wildman–Crippen MR) is 99.2 cm³/mol. The van der Waals surface area contributed by atoms with Crippen molar-refractivity contribution in [1.82, 2.24) is 0 Å². The lowest BCUT2D eigenvalue weighted by Gasteiger charge is -2.12. The molecule has 0 saturated carbocycles. The van der Waals surface area contributed by atoms with Crippen LogP contribution in [0.4, 0.5) is 0 Å². The van der Waals surface area contributed by atoms with Crippen LogP contribution in [0.15, 0.2) is 36.4 Å². The van der Waals surface area contributed by atoms with Crippen LogP contribution in [-0.2, 0) is 17.6 Å². The molecule has 0 bridgehead atoms. The maximum absolute atomic E-state index is 12.1. The first kappa shape index (κ1) is 17.9. The average molecular weight is 354 g/mol. The topological polar surface area (TPSA) is 54.0 Å². The molecular formula is C21H22O5. The molecule has 136 valence electrons. The number of benzene rings is 2. The molecule has 0 N–H and O–H groups in total. The van der Waals surface area contributed by atoms with Gasteiger partial charge in [-0.1, -0.05) is 6.07 Å². The van der Waals surface area contributed by atoms with Crippen LogP contribution in [0.3, 0.4) is 0 Å². The largest absolute Gasteiger partial charge is 0.493 e. The van der Waals surface area contributed by atoms with Crippen LogP contribution in [-0.4, -0.2) is 27.3 Å². The number of carbonyl (C=O) groups excluding carboxylic acids is 1. The van der Waals surface area contributed by atoms with Crippen LogP contribution in [0.25, 0.3) is 6.08 Å². The van der Waals surface area contributed by atoms with Crippen molar-refractivity contribution in [3.8, 4) is 23.0 Å². The summed E-state index contributed by atoms with van der Waals surface area (Å²) in [6, 6.07) is 9.36.